The largest absolute Gasteiger partial charge is 0.418 e. The van der Waals surface area contributed by atoms with Crippen molar-refractivity contribution in [2.75, 3.05) is 19.6 Å². The topological polar surface area (TPSA) is 84.1 Å². The molecule has 1 atom stereocenters. The number of urea groups is 1. The van der Waals surface area contributed by atoms with Crippen LogP contribution in [0.4, 0.5) is 18.0 Å². The number of carbonyl (C=O) groups is 1. The molecular formula is C22H22F3N5O. The molecule has 1 aromatic carbocycles. The number of piperazine rings is 1. The van der Waals surface area contributed by atoms with Crippen LogP contribution in [0, 0.1) is 0 Å². The van der Waals surface area contributed by atoms with E-state index >= 15 is 0 Å². The molecule has 1 aliphatic heterocycles. The molecule has 3 N–H and O–H groups in total. The third kappa shape index (κ3) is 4.05. The Balaban J connectivity index is 1.89. The molecule has 1 aliphatic rings. The second-order valence-corrected chi connectivity index (χ2v) is 7.44. The molecule has 31 heavy (non-hydrogen) atoms. The van der Waals surface area contributed by atoms with E-state index in [0.717, 1.165) is 11.6 Å². The van der Waals surface area contributed by atoms with Gasteiger partial charge in [0.1, 0.15) is 0 Å². The number of halogens is 3. The summed E-state index contributed by atoms with van der Waals surface area (Å²) in [6, 6.07) is 8.57. The summed E-state index contributed by atoms with van der Waals surface area (Å²) in [7, 11) is 0. The van der Waals surface area contributed by atoms with E-state index in [4.69, 9.17) is 5.73 Å². The van der Waals surface area contributed by atoms with Crippen LogP contribution in [0.25, 0.3) is 22.2 Å². The first kappa shape index (κ1) is 21.0. The number of aryl methyl sites for hydroxylation is 1. The van der Waals surface area contributed by atoms with Gasteiger partial charge < -0.3 is 16.0 Å². The van der Waals surface area contributed by atoms with Gasteiger partial charge in [0.15, 0.2) is 0 Å². The second kappa shape index (κ2) is 8.14. The Bertz CT molecular complexity index is 1130. The zero-order chi connectivity index (χ0) is 22.2. The van der Waals surface area contributed by atoms with E-state index in [1.807, 2.05) is 19.1 Å². The van der Waals surface area contributed by atoms with Crippen LogP contribution in [-0.2, 0) is 12.6 Å². The van der Waals surface area contributed by atoms with Crippen LogP contribution in [0.5, 0.6) is 0 Å². The van der Waals surface area contributed by atoms with Crippen LogP contribution in [0.3, 0.4) is 0 Å². The SMILES string of the molecule is CCc1cc(-c2ncccc2C(F)(F)F)c2ccc(C3CNCCN3C(N)=O)cc2n1. The monoisotopic (exact) mass is 429 g/mol. The summed E-state index contributed by atoms with van der Waals surface area (Å²) >= 11 is 0. The van der Waals surface area contributed by atoms with E-state index in [0.29, 0.717) is 48.2 Å². The highest BCUT2D eigenvalue weighted by molar-refractivity contribution is 5.95. The van der Waals surface area contributed by atoms with Crippen LogP contribution in [0.2, 0.25) is 0 Å². The molecule has 0 saturated carbocycles. The first-order chi connectivity index (χ1) is 14.8. The number of fused-ring (bicyclic) bond motifs is 1. The maximum atomic E-state index is 13.6. The lowest BCUT2D eigenvalue weighted by atomic mass is 9.96. The first-order valence-electron chi connectivity index (χ1n) is 10.0. The molecule has 3 heterocycles. The summed E-state index contributed by atoms with van der Waals surface area (Å²) in [6.07, 6.45) is -2.61. The Hall–Kier alpha value is -3.20. The lowest BCUT2D eigenvalue weighted by molar-refractivity contribution is -0.137. The Labute approximate surface area is 177 Å². The first-order valence-corrected chi connectivity index (χ1v) is 10.0. The number of rotatable bonds is 3. The van der Waals surface area contributed by atoms with Gasteiger partial charge in [-0.25, -0.2) is 4.79 Å². The van der Waals surface area contributed by atoms with Gasteiger partial charge in [-0.2, -0.15) is 13.2 Å². The number of nitrogens with two attached hydrogens (primary N) is 1. The number of pyridine rings is 2. The van der Waals surface area contributed by atoms with E-state index in [1.165, 1.54) is 12.3 Å². The van der Waals surface area contributed by atoms with Crippen molar-refractivity contribution in [2.45, 2.75) is 25.6 Å². The van der Waals surface area contributed by atoms with Crippen LogP contribution >= 0.6 is 0 Å². The smallest absolute Gasteiger partial charge is 0.351 e. The molecule has 0 bridgehead atoms. The van der Waals surface area contributed by atoms with Crippen LogP contribution in [0.15, 0.2) is 42.6 Å². The average molecular weight is 429 g/mol. The molecular weight excluding hydrogens is 407 g/mol. The predicted molar refractivity (Wildman–Crippen MR) is 111 cm³/mol. The van der Waals surface area contributed by atoms with Gasteiger partial charge in [0.25, 0.3) is 0 Å². The Kier molecular flexibility index (Phi) is 5.53. The van der Waals surface area contributed by atoms with Crippen LogP contribution in [0.1, 0.15) is 29.8 Å². The van der Waals surface area contributed by atoms with Crippen LogP contribution < -0.4 is 11.1 Å². The zero-order valence-electron chi connectivity index (χ0n) is 16.9. The summed E-state index contributed by atoms with van der Waals surface area (Å²) in [4.78, 5) is 22.1. The Morgan fingerprint density at radius 2 is 2.10 bits per heavy atom. The fraction of sp³-hybridized carbons (Fsp3) is 0.318. The number of nitrogens with one attached hydrogen (secondary N) is 1. The fourth-order valence-electron chi connectivity index (χ4n) is 4.00. The predicted octanol–water partition coefficient (Wildman–Crippen LogP) is 3.90. The maximum absolute atomic E-state index is 13.6. The van der Waals surface area contributed by atoms with E-state index < -0.39 is 17.8 Å². The van der Waals surface area contributed by atoms with Crippen molar-refractivity contribution in [3.05, 3.63) is 59.4 Å². The van der Waals surface area contributed by atoms with Crippen molar-refractivity contribution in [3.63, 3.8) is 0 Å². The number of benzene rings is 1. The Morgan fingerprint density at radius 1 is 1.29 bits per heavy atom. The fourth-order valence-corrected chi connectivity index (χ4v) is 4.00. The van der Waals surface area contributed by atoms with Gasteiger partial charge in [-0.3, -0.25) is 9.97 Å². The lowest BCUT2D eigenvalue weighted by Gasteiger charge is -2.35. The van der Waals surface area contributed by atoms with Crippen molar-refractivity contribution < 1.29 is 18.0 Å². The molecule has 2 amide bonds. The van der Waals surface area contributed by atoms with Crippen molar-refractivity contribution >= 4 is 16.9 Å². The van der Waals surface area contributed by atoms with Gasteiger partial charge in [0, 0.05) is 42.5 Å². The number of primary amides is 1. The quantitative estimate of drug-likeness (QED) is 0.661. The van der Waals surface area contributed by atoms with Gasteiger partial charge in [0.05, 0.1) is 22.8 Å². The van der Waals surface area contributed by atoms with Crippen molar-refractivity contribution in [3.8, 4) is 11.3 Å². The second-order valence-electron chi connectivity index (χ2n) is 7.44. The van der Waals surface area contributed by atoms with E-state index in [9.17, 15) is 18.0 Å². The van der Waals surface area contributed by atoms with Gasteiger partial charge in [-0.1, -0.05) is 19.1 Å². The summed E-state index contributed by atoms with van der Waals surface area (Å²) in [5.41, 5.74) is 7.05. The van der Waals surface area contributed by atoms with Gasteiger partial charge in [0.2, 0.25) is 0 Å². The minimum absolute atomic E-state index is 0.122. The number of hydrogen-bond donors (Lipinski definition) is 2. The molecule has 0 spiro atoms. The number of carbonyl (C=O) groups excluding carboxylic acids is 1. The molecule has 9 heteroatoms. The molecule has 6 nitrogen and oxygen atoms in total. The summed E-state index contributed by atoms with van der Waals surface area (Å²) in [5.74, 6) is 0. The molecule has 2 aromatic heterocycles. The van der Waals surface area contributed by atoms with E-state index in [-0.39, 0.29) is 11.7 Å². The number of nitrogens with zero attached hydrogens (tertiary/aromatic N) is 3. The molecule has 3 aromatic rings. The molecule has 1 saturated heterocycles. The highest BCUT2D eigenvalue weighted by atomic mass is 19.4. The van der Waals surface area contributed by atoms with Gasteiger partial charge in [-0.05, 0) is 36.2 Å². The van der Waals surface area contributed by atoms with Crippen LogP contribution in [-0.4, -0.2) is 40.5 Å². The minimum Gasteiger partial charge on any atom is -0.351 e. The molecule has 1 unspecified atom stereocenters. The minimum atomic E-state index is -4.53. The summed E-state index contributed by atoms with van der Waals surface area (Å²) < 4.78 is 40.9. The zero-order valence-corrected chi connectivity index (χ0v) is 16.9. The average Bonchev–Trinajstić information content (AvgIpc) is 2.77. The van der Waals surface area contributed by atoms with E-state index in [1.54, 1.807) is 17.0 Å². The standard InChI is InChI=1S/C22H22F3N5O/c1-2-14-11-16(20-17(22(23,24)25)4-3-7-28-20)15-6-5-13(10-18(15)29-14)19-12-27-8-9-30(19)21(26)31/h3-7,10-11,19,27H,2,8-9,12H2,1H3,(H2,26,31). The third-order valence-electron chi connectivity index (χ3n) is 5.53. The molecule has 1 fully saturated rings. The normalized spacial score (nSPS) is 17.2. The maximum Gasteiger partial charge on any atom is 0.418 e. The summed E-state index contributed by atoms with van der Waals surface area (Å²) in [5, 5.41) is 3.81. The van der Waals surface area contributed by atoms with E-state index in [2.05, 4.69) is 15.3 Å². The summed E-state index contributed by atoms with van der Waals surface area (Å²) in [6.45, 7) is 3.56. The highest BCUT2D eigenvalue weighted by Gasteiger charge is 2.35. The Morgan fingerprint density at radius 3 is 2.81 bits per heavy atom. The molecule has 162 valence electrons. The number of hydrogen-bond acceptors (Lipinski definition) is 4. The number of amides is 2. The van der Waals surface area contributed by atoms with Gasteiger partial charge in [-0.15, -0.1) is 0 Å². The van der Waals surface area contributed by atoms with Crippen molar-refractivity contribution in [1.82, 2.24) is 20.2 Å². The van der Waals surface area contributed by atoms with Crippen molar-refractivity contribution in [1.29, 1.82) is 0 Å². The number of aromatic nitrogens is 2. The van der Waals surface area contributed by atoms with Crippen molar-refractivity contribution in [2.24, 2.45) is 5.73 Å². The molecule has 0 aliphatic carbocycles. The lowest BCUT2D eigenvalue weighted by Crippen LogP contribution is -2.50. The third-order valence-corrected chi connectivity index (χ3v) is 5.53. The molecule has 0 radical (unpaired) electrons. The highest BCUT2D eigenvalue weighted by Crippen LogP contribution is 2.39. The van der Waals surface area contributed by atoms with Gasteiger partial charge >= 0.3 is 12.2 Å². The number of alkyl halides is 3. The molecule has 4 rings (SSSR count).